The Bertz CT molecular complexity index is 328. The molecule has 0 amide bonds. The highest BCUT2D eigenvalue weighted by Crippen LogP contribution is 2.13. The zero-order valence-electron chi connectivity index (χ0n) is 5.37. The molecule has 6 heteroatoms. The molecule has 0 aliphatic carbocycles. The van der Waals surface area contributed by atoms with Gasteiger partial charge in [-0.25, -0.2) is 9.97 Å². The minimum Gasteiger partial charge on any atom is -0.381 e. The fourth-order valence-corrected chi connectivity index (χ4v) is 0.886. The van der Waals surface area contributed by atoms with Crippen molar-refractivity contribution in [3.63, 3.8) is 0 Å². The Labute approximate surface area is 76.6 Å². The Morgan fingerprint density at radius 3 is 2.45 bits per heavy atom. The quantitative estimate of drug-likeness (QED) is 0.645. The van der Waals surface area contributed by atoms with Crippen LogP contribution < -0.4 is 11.5 Å². The molecule has 1 aromatic heterocycles. The van der Waals surface area contributed by atoms with Crippen LogP contribution in [-0.4, -0.2) is 9.97 Å². The molecule has 0 saturated carbocycles. The first-order valence-corrected chi connectivity index (χ1v) is 3.71. The summed E-state index contributed by atoms with van der Waals surface area (Å²) < 4.78 is 0.494. The lowest BCUT2D eigenvalue weighted by Gasteiger charge is -1.98. The molecule has 0 aliphatic heterocycles. The third-order valence-corrected chi connectivity index (χ3v) is 1.80. The SMILES string of the molecule is N#Cc1nc(I)c(N)nc1N. The number of hydrogen-bond acceptors (Lipinski definition) is 5. The molecule has 0 saturated heterocycles. The van der Waals surface area contributed by atoms with Crippen molar-refractivity contribution in [2.24, 2.45) is 0 Å². The number of anilines is 2. The van der Waals surface area contributed by atoms with Crippen LogP contribution in [0.4, 0.5) is 11.6 Å². The summed E-state index contributed by atoms with van der Waals surface area (Å²) in [5.74, 6) is 0.326. The fourth-order valence-electron chi connectivity index (χ4n) is 0.524. The number of aromatic nitrogens is 2. The van der Waals surface area contributed by atoms with E-state index < -0.39 is 0 Å². The molecule has 11 heavy (non-hydrogen) atoms. The van der Waals surface area contributed by atoms with E-state index in [0.29, 0.717) is 3.70 Å². The second-order valence-electron chi connectivity index (χ2n) is 1.75. The van der Waals surface area contributed by atoms with Crippen LogP contribution in [0.2, 0.25) is 0 Å². The third-order valence-electron chi connectivity index (χ3n) is 1.01. The van der Waals surface area contributed by atoms with E-state index in [-0.39, 0.29) is 17.3 Å². The summed E-state index contributed by atoms with van der Waals surface area (Å²) in [7, 11) is 0. The monoisotopic (exact) mass is 261 g/mol. The molecular weight excluding hydrogens is 257 g/mol. The lowest BCUT2D eigenvalue weighted by molar-refractivity contribution is 1.15. The second kappa shape index (κ2) is 2.87. The third kappa shape index (κ3) is 1.48. The Morgan fingerprint density at radius 1 is 1.27 bits per heavy atom. The first kappa shape index (κ1) is 8.00. The van der Waals surface area contributed by atoms with Gasteiger partial charge >= 0.3 is 0 Å². The van der Waals surface area contributed by atoms with Gasteiger partial charge in [0, 0.05) is 0 Å². The highest BCUT2D eigenvalue weighted by Gasteiger charge is 2.05. The first-order valence-electron chi connectivity index (χ1n) is 2.63. The minimum absolute atomic E-state index is 0.0745. The molecule has 0 atom stereocenters. The maximum absolute atomic E-state index is 8.46. The molecule has 56 valence electrons. The molecule has 1 rings (SSSR count). The smallest absolute Gasteiger partial charge is 0.183 e. The first-order chi connectivity index (χ1) is 5.15. The van der Waals surface area contributed by atoms with Crippen LogP contribution in [0.25, 0.3) is 0 Å². The highest BCUT2D eigenvalue weighted by molar-refractivity contribution is 14.1. The number of nitriles is 1. The molecule has 0 fully saturated rings. The molecule has 0 radical (unpaired) electrons. The van der Waals surface area contributed by atoms with Crippen LogP contribution in [0.3, 0.4) is 0 Å². The largest absolute Gasteiger partial charge is 0.381 e. The van der Waals surface area contributed by atoms with Crippen LogP contribution in [0.15, 0.2) is 0 Å². The van der Waals surface area contributed by atoms with Gasteiger partial charge in [0.2, 0.25) is 0 Å². The van der Waals surface area contributed by atoms with Gasteiger partial charge in [-0.2, -0.15) is 5.26 Å². The van der Waals surface area contributed by atoms with E-state index >= 15 is 0 Å². The number of hydrogen-bond donors (Lipinski definition) is 2. The van der Waals surface area contributed by atoms with Gasteiger partial charge in [0.25, 0.3) is 0 Å². The zero-order valence-corrected chi connectivity index (χ0v) is 7.53. The second-order valence-corrected chi connectivity index (χ2v) is 2.77. The van der Waals surface area contributed by atoms with Crippen LogP contribution >= 0.6 is 22.6 Å². The molecule has 0 aliphatic rings. The molecule has 1 aromatic rings. The Balaban J connectivity index is 3.35. The van der Waals surface area contributed by atoms with Crippen molar-refractivity contribution in [3.8, 4) is 6.07 Å². The van der Waals surface area contributed by atoms with Crippen molar-refractivity contribution in [2.45, 2.75) is 0 Å². The number of nitrogen functional groups attached to an aromatic ring is 2. The number of rotatable bonds is 0. The van der Waals surface area contributed by atoms with E-state index in [1.165, 1.54) is 0 Å². The van der Waals surface area contributed by atoms with Gasteiger partial charge in [0.05, 0.1) is 0 Å². The predicted molar refractivity (Wildman–Crippen MR) is 48.3 cm³/mol. The van der Waals surface area contributed by atoms with Gasteiger partial charge in [0.15, 0.2) is 17.3 Å². The van der Waals surface area contributed by atoms with E-state index in [9.17, 15) is 0 Å². The lowest BCUT2D eigenvalue weighted by Crippen LogP contribution is -2.04. The zero-order chi connectivity index (χ0) is 8.43. The molecule has 1 heterocycles. The molecule has 5 nitrogen and oxygen atoms in total. The summed E-state index contributed by atoms with van der Waals surface area (Å²) in [5.41, 5.74) is 10.8. The van der Waals surface area contributed by atoms with Crippen molar-refractivity contribution >= 4 is 34.2 Å². The minimum atomic E-state index is 0.0745. The molecule has 0 spiro atoms. The van der Waals surface area contributed by atoms with Crippen molar-refractivity contribution in [1.29, 1.82) is 5.26 Å². The number of nitrogens with two attached hydrogens (primary N) is 2. The Hall–Kier alpha value is -1.10. The standard InChI is InChI=1S/C5H4IN5/c6-3-5(9)11-4(8)2(1-7)10-3/h(H4,8,9,11). The molecule has 0 bridgehead atoms. The maximum atomic E-state index is 8.46. The van der Waals surface area contributed by atoms with Crippen LogP contribution in [0.5, 0.6) is 0 Å². The summed E-state index contributed by atoms with van der Waals surface area (Å²) in [6, 6.07) is 1.80. The van der Waals surface area contributed by atoms with E-state index in [2.05, 4.69) is 9.97 Å². The van der Waals surface area contributed by atoms with Gasteiger partial charge in [0.1, 0.15) is 9.77 Å². The summed E-state index contributed by atoms with van der Waals surface area (Å²) in [5, 5.41) is 8.46. The summed E-state index contributed by atoms with van der Waals surface area (Å²) in [6.45, 7) is 0. The van der Waals surface area contributed by atoms with Crippen LogP contribution in [0, 0.1) is 15.0 Å². The number of nitrogens with zero attached hydrogens (tertiary/aromatic N) is 3. The summed E-state index contributed by atoms with van der Waals surface area (Å²) >= 11 is 1.88. The maximum Gasteiger partial charge on any atom is 0.183 e. The van der Waals surface area contributed by atoms with Gasteiger partial charge in [-0.1, -0.05) is 0 Å². The molecule has 4 N–H and O–H groups in total. The normalized spacial score (nSPS) is 9.09. The van der Waals surface area contributed by atoms with Crippen LogP contribution in [0.1, 0.15) is 5.69 Å². The van der Waals surface area contributed by atoms with E-state index in [0.717, 1.165) is 0 Å². The summed E-state index contributed by atoms with van der Waals surface area (Å²) in [4.78, 5) is 7.51. The molecule has 0 aromatic carbocycles. The van der Waals surface area contributed by atoms with Gasteiger partial charge < -0.3 is 11.5 Å². The van der Waals surface area contributed by atoms with Gasteiger partial charge in [-0.3, -0.25) is 0 Å². The van der Waals surface area contributed by atoms with Crippen molar-refractivity contribution in [2.75, 3.05) is 11.5 Å². The van der Waals surface area contributed by atoms with Crippen molar-refractivity contribution in [3.05, 3.63) is 9.39 Å². The fraction of sp³-hybridized carbons (Fsp3) is 0. The number of halogens is 1. The van der Waals surface area contributed by atoms with Crippen molar-refractivity contribution in [1.82, 2.24) is 9.97 Å². The van der Waals surface area contributed by atoms with E-state index in [4.69, 9.17) is 16.7 Å². The summed E-state index contributed by atoms with van der Waals surface area (Å²) in [6.07, 6.45) is 0. The topological polar surface area (TPSA) is 102 Å². The van der Waals surface area contributed by atoms with E-state index in [1.807, 2.05) is 22.6 Å². The Kier molecular flexibility index (Phi) is 2.09. The van der Waals surface area contributed by atoms with Crippen LogP contribution in [-0.2, 0) is 0 Å². The van der Waals surface area contributed by atoms with Gasteiger partial charge in [-0.15, -0.1) is 0 Å². The van der Waals surface area contributed by atoms with Gasteiger partial charge in [-0.05, 0) is 22.6 Å². The average Bonchev–Trinajstić information content (AvgIpc) is 1.97. The van der Waals surface area contributed by atoms with E-state index in [1.54, 1.807) is 6.07 Å². The molecule has 0 unspecified atom stereocenters. The van der Waals surface area contributed by atoms with Crippen molar-refractivity contribution < 1.29 is 0 Å². The average molecular weight is 261 g/mol. The highest BCUT2D eigenvalue weighted by atomic mass is 127. The predicted octanol–water partition coefficient (Wildman–Crippen LogP) is 0.117. The molecular formula is C5H4IN5. The Morgan fingerprint density at radius 2 is 1.91 bits per heavy atom. The lowest BCUT2D eigenvalue weighted by atomic mass is 10.4.